The molecule has 0 fully saturated rings. The van der Waals surface area contributed by atoms with Crippen LogP contribution in [0.3, 0.4) is 0 Å². The topological polar surface area (TPSA) is 82.2 Å². The van der Waals surface area contributed by atoms with Gasteiger partial charge in [0.25, 0.3) is 0 Å². The lowest BCUT2D eigenvalue weighted by Crippen LogP contribution is -2.23. The second-order valence-corrected chi connectivity index (χ2v) is 8.11. The number of carbonyl (C=O) groups excluding carboxylic acids is 1. The van der Waals surface area contributed by atoms with E-state index in [2.05, 4.69) is 15.5 Å². The quantitative estimate of drug-likeness (QED) is 0.404. The first-order valence-electron chi connectivity index (χ1n) is 9.77. The summed E-state index contributed by atoms with van der Waals surface area (Å²) < 4.78 is 12.8. The highest BCUT2D eigenvalue weighted by Crippen LogP contribution is 2.29. The highest BCUT2D eigenvalue weighted by atomic mass is 32.2. The standard InChI is InChI=1S/C23H22N4O3S/c1-16(22(28)24-18-11-6-7-12-19(18)29-2)31-23-26-25-21(20-13-8-14-30-20)27(23)15-17-9-4-3-5-10-17/h3-14,16H,15H2,1-2H3,(H,24,28). The van der Waals surface area contributed by atoms with Crippen LogP contribution in [-0.4, -0.2) is 33.0 Å². The molecule has 0 spiro atoms. The first-order valence-corrected chi connectivity index (χ1v) is 10.6. The van der Waals surface area contributed by atoms with Crippen LogP contribution in [0.2, 0.25) is 0 Å². The van der Waals surface area contributed by atoms with Crippen LogP contribution in [-0.2, 0) is 11.3 Å². The maximum atomic E-state index is 12.8. The van der Waals surface area contributed by atoms with Crippen molar-refractivity contribution in [2.45, 2.75) is 23.9 Å². The van der Waals surface area contributed by atoms with Crippen LogP contribution in [0.4, 0.5) is 5.69 Å². The number of ether oxygens (including phenoxy) is 1. The summed E-state index contributed by atoms with van der Waals surface area (Å²) in [5.74, 6) is 1.71. The first-order chi connectivity index (χ1) is 15.2. The van der Waals surface area contributed by atoms with Gasteiger partial charge in [0.1, 0.15) is 5.75 Å². The summed E-state index contributed by atoms with van der Waals surface area (Å²) in [5.41, 5.74) is 1.73. The number of hydrogen-bond acceptors (Lipinski definition) is 6. The molecule has 0 radical (unpaired) electrons. The Morgan fingerprint density at radius 1 is 1.10 bits per heavy atom. The average Bonchev–Trinajstić information content (AvgIpc) is 3.45. The summed E-state index contributed by atoms with van der Waals surface area (Å²) in [6, 6.07) is 21.0. The van der Waals surface area contributed by atoms with Gasteiger partial charge in [-0.2, -0.15) is 0 Å². The molecule has 7 nitrogen and oxygen atoms in total. The minimum Gasteiger partial charge on any atom is -0.495 e. The Balaban J connectivity index is 1.56. The molecule has 0 saturated heterocycles. The number of methoxy groups -OCH3 is 1. The van der Waals surface area contributed by atoms with E-state index in [9.17, 15) is 4.79 Å². The summed E-state index contributed by atoms with van der Waals surface area (Å²) in [6.07, 6.45) is 1.60. The van der Waals surface area contributed by atoms with Crippen LogP contribution in [0.1, 0.15) is 12.5 Å². The van der Waals surface area contributed by atoms with Crippen LogP contribution < -0.4 is 10.1 Å². The van der Waals surface area contributed by atoms with E-state index in [-0.39, 0.29) is 5.91 Å². The molecule has 1 atom stereocenters. The van der Waals surface area contributed by atoms with Crippen molar-refractivity contribution >= 4 is 23.4 Å². The maximum Gasteiger partial charge on any atom is 0.237 e. The predicted molar refractivity (Wildman–Crippen MR) is 120 cm³/mol. The SMILES string of the molecule is COc1ccccc1NC(=O)C(C)Sc1nnc(-c2ccco2)n1Cc1ccccc1. The highest BCUT2D eigenvalue weighted by Gasteiger charge is 2.22. The highest BCUT2D eigenvalue weighted by molar-refractivity contribution is 8.00. The number of nitrogens with zero attached hydrogens (tertiary/aromatic N) is 3. The van der Waals surface area contributed by atoms with Gasteiger partial charge >= 0.3 is 0 Å². The second kappa shape index (κ2) is 9.53. The Kier molecular flexibility index (Phi) is 6.37. The number of hydrogen-bond donors (Lipinski definition) is 1. The number of para-hydroxylation sites is 2. The fourth-order valence-corrected chi connectivity index (χ4v) is 3.91. The van der Waals surface area contributed by atoms with Gasteiger partial charge in [0.2, 0.25) is 11.7 Å². The molecule has 1 N–H and O–H groups in total. The Labute approximate surface area is 184 Å². The number of thioether (sulfide) groups is 1. The zero-order valence-electron chi connectivity index (χ0n) is 17.2. The van der Waals surface area contributed by atoms with E-state index in [1.807, 2.05) is 66.1 Å². The Bertz CT molecular complexity index is 1140. The number of furan rings is 1. The van der Waals surface area contributed by atoms with Gasteiger partial charge in [-0.3, -0.25) is 9.36 Å². The van der Waals surface area contributed by atoms with E-state index in [4.69, 9.17) is 9.15 Å². The third-order valence-electron chi connectivity index (χ3n) is 4.66. The first kappa shape index (κ1) is 20.7. The van der Waals surface area contributed by atoms with Crippen molar-refractivity contribution in [2.75, 3.05) is 12.4 Å². The molecule has 2 aromatic carbocycles. The predicted octanol–water partition coefficient (Wildman–Crippen LogP) is 4.71. The van der Waals surface area contributed by atoms with Crippen molar-refractivity contribution in [1.29, 1.82) is 0 Å². The fraction of sp³-hybridized carbons (Fsp3) is 0.174. The molecule has 2 heterocycles. The largest absolute Gasteiger partial charge is 0.495 e. The third-order valence-corrected chi connectivity index (χ3v) is 5.74. The molecule has 1 amide bonds. The molecule has 4 rings (SSSR count). The van der Waals surface area contributed by atoms with Crippen LogP contribution in [0.15, 0.2) is 82.6 Å². The fourth-order valence-electron chi connectivity index (χ4n) is 3.07. The molecule has 158 valence electrons. The van der Waals surface area contributed by atoms with Crippen molar-refractivity contribution in [2.24, 2.45) is 0 Å². The molecule has 0 bridgehead atoms. The van der Waals surface area contributed by atoms with E-state index in [1.54, 1.807) is 25.5 Å². The summed E-state index contributed by atoms with van der Waals surface area (Å²) in [7, 11) is 1.57. The van der Waals surface area contributed by atoms with Crippen LogP contribution in [0, 0.1) is 0 Å². The van der Waals surface area contributed by atoms with Gasteiger partial charge < -0.3 is 14.5 Å². The van der Waals surface area contributed by atoms with Gasteiger partial charge in [-0.15, -0.1) is 10.2 Å². The second-order valence-electron chi connectivity index (χ2n) is 6.80. The Morgan fingerprint density at radius 3 is 2.61 bits per heavy atom. The zero-order chi connectivity index (χ0) is 21.6. The monoisotopic (exact) mass is 434 g/mol. The van der Waals surface area contributed by atoms with Gasteiger partial charge in [0.05, 0.1) is 30.9 Å². The van der Waals surface area contributed by atoms with E-state index < -0.39 is 5.25 Å². The Morgan fingerprint density at radius 2 is 1.87 bits per heavy atom. The van der Waals surface area contributed by atoms with Gasteiger partial charge in [-0.05, 0) is 36.8 Å². The number of rotatable bonds is 8. The van der Waals surface area contributed by atoms with Gasteiger partial charge in [-0.1, -0.05) is 54.2 Å². The molecule has 2 aromatic heterocycles. The van der Waals surface area contributed by atoms with E-state index in [1.165, 1.54) is 11.8 Å². The zero-order valence-corrected chi connectivity index (χ0v) is 18.0. The molecule has 4 aromatic rings. The molecule has 0 aliphatic rings. The lowest BCUT2D eigenvalue weighted by Gasteiger charge is -2.15. The van der Waals surface area contributed by atoms with Crippen molar-refractivity contribution < 1.29 is 13.9 Å². The lowest BCUT2D eigenvalue weighted by molar-refractivity contribution is -0.115. The molecule has 1 unspecified atom stereocenters. The molecule has 0 aliphatic carbocycles. The van der Waals surface area contributed by atoms with Crippen molar-refractivity contribution in [3.05, 3.63) is 78.6 Å². The Hall–Kier alpha value is -3.52. The molecular formula is C23H22N4O3S. The molecule has 31 heavy (non-hydrogen) atoms. The van der Waals surface area contributed by atoms with Crippen molar-refractivity contribution in [3.63, 3.8) is 0 Å². The minimum atomic E-state index is -0.409. The van der Waals surface area contributed by atoms with Crippen molar-refractivity contribution in [3.8, 4) is 17.3 Å². The maximum absolute atomic E-state index is 12.8. The normalized spacial score (nSPS) is 11.8. The van der Waals surface area contributed by atoms with E-state index >= 15 is 0 Å². The van der Waals surface area contributed by atoms with Crippen LogP contribution in [0.5, 0.6) is 5.75 Å². The molecular weight excluding hydrogens is 412 g/mol. The number of benzene rings is 2. The number of carbonyl (C=O) groups is 1. The number of nitrogens with one attached hydrogen (secondary N) is 1. The number of amides is 1. The number of anilines is 1. The van der Waals surface area contributed by atoms with Crippen molar-refractivity contribution in [1.82, 2.24) is 14.8 Å². The molecule has 0 aliphatic heterocycles. The summed E-state index contributed by atoms with van der Waals surface area (Å²) in [5, 5.41) is 11.8. The lowest BCUT2D eigenvalue weighted by atomic mass is 10.2. The minimum absolute atomic E-state index is 0.150. The van der Waals surface area contributed by atoms with Gasteiger partial charge in [0.15, 0.2) is 10.9 Å². The summed E-state index contributed by atoms with van der Waals surface area (Å²) >= 11 is 1.34. The average molecular weight is 435 g/mol. The smallest absolute Gasteiger partial charge is 0.237 e. The number of aromatic nitrogens is 3. The third kappa shape index (κ3) is 4.80. The van der Waals surface area contributed by atoms with Gasteiger partial charge in [-0.25, -0.2) is 0 Å². The summed E-state index contributed by atoms with van der Waals surface area (Å²) in [6.45, 7) is 2.40. The molecule has 8 heteroatoms. The van der Waals surface area contributed by atoms with Crippen LogP contribution in [0.25, 0.3) is 11.6 Å². The van der Waals surface area contributed by atoms with E-state index in [0.717, 1.165) is 5.56 Å². The van der Waals surface area contributed by atoms with Gasteiger partial charge in [0, 0.05) is 0 Å². The van der Waals surface area contributed by atoms with Crippen LogP contribution >= 0.6 is 11.8 Å². The summed E-state index contributed by atoms with van der Waals surface area (Å²) in [4.78, 5) is 12.8. The molecule has 0 saturated carbocycles. The van der Waals surface area contributed by atoms with E-state index in [0.29, 0.717) is 34.7 Å².